The van der Waals surface area contributed by atoms with E-state index in [1.807, 2.05) is 175 Å². The van der Waals surface area contributed by atoms with Crippen LogP contribution in [0.15, 0.2) is 192 Å². The fraction of sp³-hybridized carbons (Fsp3) is 0.111. The average molecular weight is 909 g/mol. The van der Waals surface area contributed by atoms with Gasteiger partial charge in [0.1, 0.15) is 11.7 Å². The predicted molar refractivity (Wildman–Crippen MR) is 278 cm³/mol. The molecular formula is C54H52N8O2S2. The molecule has 0 atom stereocenters. The summed E-state index contributed by atoms with van der Waals surface area (Å²) < 4.78 is 0. The van der Waals surface area contributed by atoms with Crippen LogP contribution in [0.5, 0.6) is 0 Å². The highest BCUT2D eigenvalue weighted by Gasteiger charge is 2.09. The molecule has 8 N–H and O–H groups in total. The van der Waals surface area contributed by atoms with Crippen LogP contribution < -0.4 is 32.3 Å². The van der Waals surface area contributed by atoms with Gasteiger partial charge in [-0.15, -0.1) is 22.7 Å². The lowest BCUT2D eigenvalue weighted by Crippen LogP contribution is -2.13. The van der Waals surface area contributed by atoms with Crippen LogP contribution in [-0.2, 0) is 22.4 Å². The summed E-state index contributed by atoms with van der Waals surface area (Å²) in [6.07, 6.45) is 3.04. The molecule has 8 aromatic rings. The second-order valence-corrected chi connectivity index (χ2v) is 17.3. The van der Waals surface area contributed by atoms with Gasteiger partial charge in [-0.2, -0.15) is 0 Å². The average Bonchev–Trinajstić information content (AvgIpc) is 4.09. The number of aliphatic imine (C=N–C) groups is 1. The molecule has 332 valence electrons. The van der Waals surface area contributed by atoms with Crippen molar-refractivity contribution in [3.8, 4) is 0 Å². The third-order valence-electron chi connectivity index (χ3n) is 10.2. The summed E-state index contributed by atoms with van der Waals surface area (Å²) in [5.41, 5.74) is 16.5. The minimum atomic E-state index is -0.0292. The molecule has 0 spiro atoms. The lowest BCUT2D eigenvalue weighted by atomic mass is 10.1. The second kappa shape index (κ2) is 23.8. The van der Waals surface area contributed by atoms with Gasteiger partial charge in [0.15, 0.2) is 0 Å². The number of thiophene rings is 2. The molecule has 0 aliphatic rings. The normalized spacial score (nSPS) is 10.8. The highest BCUT2D eigenvalue weighted by atomic mass is 32.1. The van der Waals surface area contributed by atoms with Crippen molar-refractivity contribution in [2.75, 3.05) is 26.6 Å². The third kappa shape index (κ3) is 14.6. The van der Waals surface area contributed by atoms with Crippen molar-refractivity contribution in [1.29, 1.82) is 5.41 Å². The van der Waals surface area contributed by atoms with Gasteiger partial charge in [0.2, 0.25) is 11.8 Å². The summed E-state index contributed by atoms with van der Waals surface area (Å²) in [7, 11) is 0. The van der Waals surface area contributed by atoms with Gasteiger partial charge in [0.05, 0.1) is 26.8 Å². The van der Waals surface area contributed by atoms with Gasteiger partial charge in [0, 0.05) is 41.3 Å². The number of anilines is 7. The van der Waals surface area contributed by atoms with Crippen LogP contribution >= 0.6 is 22.7 Å². The number of amides is 2. The molecule has 0 fully saturated rings. The maximum Gasteiger partial charge on any atom is 0.224 e. The van der Waals surface area contributed by atoms with E-state index in [9.17, 15) is 9.59 Å². The van der Waals surface area contributed by atoms with E-state index >= 15 is 0 Å². The van der Waals surface area contributed by atoms with Gasteiger partial charge in [-0.25, -0.2) is 4.99 Å². The van der Waals surface area contributed by atoms with Crippen molar-refractivity contribution in [1.82, 2.24) is 0 Å². The number of nitrogens with one attached hydrogen (secondary N) is 6. The van der Waals surface area contributed by atoms with Crippen molar-refractivity contribution in [2.24, 2.45) is 10.7 Å². The molecule has 6 aromatic carbocycles. The smallest absolute Gasteiger partial charge is 0.224 e. The van der Waals surface area contributed by atoms with E-state index in [2.05, 4.69) is 50.6 Å². The Bertz CT molecular complexity index is 2810. The zero-order chi connectivity index (χ0) is 45.9. The standard InChI is InChI=1S/C28H28N4OS.C26H24N4OS/c1-20-11-15-22(16-12-20)30-24-7-2-3-8-25(24)32-27(33)10-4-6-21-13-17-23(18-14-21)31-28(29)26-9-5-19-34-26;27-26(24-10-5-17-32-24)30-23-9-4-6-19(18-23)11-16-25(31)29-22-14-12-21(13-15-22)28-20-7-2-1-3-8-20/h2-3,5,7-9,11-19,30H,4,6,10H2,1H3,(H2,29,31)(H,32,33);1-10,12-15,17-18,28H,11,16H2,(H2,27,30)(H,29,31). The van der Waals surface area contributed by atoms with Gasteiger partial charge in [0.25, 0.3) is 0 Å². The van der Waals surface area contributed by atoms with Crippen LogP contribution in [0.1, 0.15) is 45.7 Å². The molecule has 0 radical (unpaired) electrons. The monoisotopic (exact) mass is 908 g/mol. The largest absolute Gasteiger partial charge is 0.383 e. The Hall–Kier alpha value is -7.80. The van der Waals surface area contributed by atoms with Gasteiger partial charge >= 0.3 is 0 Å². The molecule has 0 unspecified atom stereocenters. The number of para-hydroxylation sites is 3. The van der Waals surface area contributed by atoms with Crippen LogP contribution in [0.3, 0.4) is 0 Å². The summed E-state index contributed by atoms with van der Waals surface area (Å²) in [6, 6.07) is 57.2. The molecule has 0 saturated heterocycles. The number of benzene rings is 6. The number of carbonyl (C=O) groups excluding carboxylic acids is 2. The first-order valence-corrected chi connectivity index (χ1v) is 23.4. The number of hydrogen-bond donors (Lipinski definition) is 7. The fourth-order valence-electron chi connectivity index (χ4n) is 6.75. The molecule has 8 rings (SSSR count). The Balaban J connectivity index is 0.000000197. The Morgan fingerprint density at radius 1 is 0.530 bits per heavy atom. The minimum absolute atomic E-state index is 0.00287. The van der Waals surface area contributed by atoms with E-state index in [0.29, 0.717) is 30.9 Å². The molecule has 0 aliphatic carbocycles. The van der Waals surface area contributed by atoms with Crippen molar-refractivity contribution in [3.05, 3.63) is 213 Å². The molecule has 0 aliphatic heterocycles. The molecular weight excluding hydrogens is 857 g/mol. The SMILES string of the molecule is Cc1ccc(Nc2ccccc2NC(=O)CCCc2ccc(N=C(N)c3cccs3)cc2)cc1.N=C(Nc1cccc(CCC(=O)Nc2ccc(Nc3ccccc3)cc2)c1)c1cccs1. The Morgan fingerprint density at radius 2 is 1.14 bits per heavy atom. The first kappa shape index (κ1) is 46.2. The highest BCUT2D eigenvalue weighted by molar-refractivity contribution is 7.12. The van der Waals surface area contributed by atoms with Gasteiger partial charge in [-0.05, 0) is 145 Å². The topological polar surface area (TPSA) is 157 Å². The maximum atomic E-state index is 12.6. The zero-order valence-corrected chi connectivity index (χ0v) is 38.2. The summed E-state index contributed by atoms with van der Waals surface area (Å²) >= 11 is 3.10. The van der Waals surface area contributed by atoms with E-state index in [1.165, 1.54) is 22.5 Å². The minimum Gasteiger partial charge on any atom is -0.383 e. The quantitative estimate of drug-likeness (QED) is 0.0356. The molecule has 12 heteroatoms. The Morgan fingerprint density at radius 3 is 1.85 bits per heavy atom. The predicted octanol–water partition coefficient (Wildman–Crippen LogP) is 13.3. The lowest BCUT2D eigenvalue weighted by Gasteiger charge is -2.13. The number of nitrogens with two attached hydrogens (primary N) is 1. The summed E-state index contributed by atoms with van der Waals surface area (Å²) in [6.45, 7) is 2.06. The highest BCUT2D eigenvalue weighted by Crippen LogP contribution is 2.26. The molecule has 66 heavy (non-hydrogen) atoms. The van der Waals surface area contributed by atoms with Crippen LogP contribution in [0.25, 0.3) is 0 Å². The van der Waals surface area contributed by atoms with E-state index < -0.39 is 0 Å². The number of aryl methyl sites for hydroxylation is 3. The third-order valence-corrected chi connectivity index (χ3v) is 12.0. The summed E-state index contributed by atoms with van der Waals surface area (Å²) in [4.78, 5) is 31.3. The zero-order valence-electron chi connectivity index (χ0n) is 36.6. The van der Waals surface area contributed by atoms with Crippen LogP contribution in [0.2, 0.25) is 0 Å². The van der Waals surface area contributed by atoms with Crippen molar-refractivity contribution in [2.45, 2.75) is 39.0 Å². The number of hydrogen-bond acceptors (Lipinski definition) is 8. The van der Waals surface area contributed by atoms with E-state index in [-0.39, 0.29) is 11.8 Å². The number of carbonyl (C=O) groups is 2. The first-order valence-electron chi connectivity index (χ1n) is 21.6. The van der Waals surface area contributed by atoms with E-state index in [4.69, 9.17) is 11.1 Å². The Labute approximate surface area is 394 Å². The van der Waals surface area contributed by atoms with Crippen molar-refractivity contribution >= 4 is 91.7 Å². The number of rotatable bonds is 17. The molecule has 2 aromatic heterocycles. The Kier molecular flexibility index (Phi) is 16.6. The fourth-order valence-corrected chi connectivity index (χ4v) is 8.01. The van der Waals surface area contributed by atoms with Crippen LogP contribution in [0, 0.1) is 12.3 Å². The molecule has 0 saturated carbocycles. The maximum absolute atomic E-state index is 12.6. The molecule has 10 nitrogen and oxygen atoms in total. The van der Waals surface area contributed by atoms with Gasteiger partial charge in [-0.3, -0.25) is 15.0 Å². The van der Waals surface area contributed by atoms with Crippen LogP contribution in [-0.4, -0.2) is 23.5 Å². The van der Waals surface area contributed by atoms with Gasteiger partial charge < -0.3 is 32.3 Å². The first-order chi connectivity index (χ1) is 32.2. The summed E-state index contributed by atoms with van der Waals surface area (Å²) in [5.74, 6) is 0.873. The van der Waals surface area contributed by atoms with Gasteiger partial charge in [-0.1, -0.05) is 84.4 Å². The molecule has 2 amide bonds. The van der Waals surface area contributed by atoms with E-state index in [0.717, 1.165) is 73.7 Å². The second-order valence-electron chi connectivity index (χ2n) is 15.4. The summed E-state index contributed by atoms with van der Waals surface area (Å²) in [5, 5.41) is 27.9. The van der Waals surface area contributed by atoms with Crippen molar-refractivity contribution < 1.29 is 9.59 Å². The van der Waals surface area contributed by atoms with Crippen LogP contribution in [0.4, 0.5) is 45.5 Å². The molecule has 0 bridgehead atoms. The number of amidine groups is 2. The lowest BCUT2D eigenvalue weighted by molar-refractivity contribution is -0.117. The molecule has 2 heterocycles. The van der Waals surface area contributed by atoms with Crippen molar-refractivity contribution in [3.63, 3.8) is 0 Å². The number of nitrogens with zero attached hydrogens (tertiary/aromatic N) is 1. The van der Waals surface area contributed by atoms with E-state index in [1.54, 1.807) is 11.3 Å².